The molecule has 8 heteroatoms. The Morgan fingerprint density at radius 2 is 1.88 bits per heavy atom. The Morgan fingerprint density at radius 3 is 2.50 bits per heavy atom. The number of esters is 1. The maximum absolute atomic E-state index is 12.8. The van der Waals surface area contributed by atoms with Gasteiger partial charge in [0.1, 0.15) is 22.1 Å². The normalized spacial score (nSPS) is 11.5. The molecule has 1 heterocycles. The maximum atomic E-state index is 12.8. The summed E-state index contributed by atoms with van der Waals surface area (Å²) in [4.78, 5) is 25.6. The Hall–Kier alpha value is -3.03. The number of carbonyl (C=O) groups is 2. The highest BCUT2D eigenvalue weighted by Crippen LogP contribution is 2.37. The smallest absolute Gasteiger partial charge is 0.341 e. The molecule has 1 N–H and O–H groups in total. The standard InChI is InChI=1S/C24H24ClNO5S/c1-5-30-24(28)21-19(16-6-9-18(29-4)10-7-16)13-32-23(21)26-22(27)15(3)31-20-11-8-17(25)12-14(20)2/h6-13,15H,5H2,1-4H3,(H,26,27). The number of hydrogen-bond donors (Lipinski definition) is 1. The lowest BCUT2D eigenvalue weighted by atomic mass is 10.0. The van der Waals surface area contributed by atoms with Crippen LogP contribution >= 0.6 is 22.9 Å². The van der Waals surface area contributed by atoms with E-state index in [-0.39, 0.29) is 12.5 Å². The minimum absolute atomic E-state index is 0.222. The Labute approximate surface area is 196 Å². The molecule has 1 aromatic heterocycles. The van der Waals surface area contributed by atoms with Crippen molar-refractivity contribution in [3.8, 4) is 22.6 Å². The van der Waals surface area contributed by atoms with Crippen molar-refractivity contribution in [2.24, 2.45) is 0 Å². The van der Waals surface area contributed by atoms with Gasteiger partial charge in [-0.3, -0.25) is 4.79 Å². The van der Waals surface area contributed by atoms with Gasteiger partial charge in [0, 0.05) is 16.0 Å². The molecule has 0 spiro atoms. The zero-order valence-electron chi connectivity index (χ0n) is 18.2. The summed E-state index contributed by atoms with van der Waals surface area (Å²) >= 11 is 7.24. The number of amides is 1. The first-order valence-electron chi connectivity index (χ1n) is 10.0. The summed E-state index contributed by atoms with van der Waals surface area (Å²) in [7, 11) is 1.59. The van der Waals surface area contributed by atoms with Crippen LogP contribution in [0.2, 0.25) is 5.02 Å². The van der Waals surface area contributed by atoms with Crippen LogP contribution in [0, 0.1) is 6.92 Å². The molecule has 3 aromatic rings. The fourth-order valence-electron chi connectivity index (χ4n) is 3.04. The van der Waals surface area contributed by atoms with Gasteiger partial charge in [-0.1, -0.05) is 23.7 Å². The molecule has 0 fully saturated rings. The third-order valence-corrected chi connectivity index (χ3v) is 5.85. The van der Waals surface area contributed by atoms with E-state index in [4.69, 9.17) is 25.8 Å². The fraction of sp³-hybridized carbons (Fsp3) is 0.250. The van der Waals surface area contributed by atoms with Crippen molar-refractivity contribution < 1.29 is 23.8 Å². The third kappa shape index (κ3) is 5.41. The number of thiophene rings is 1. The molecule has 32 heavy (non-hydrogen) atoms. The van der Waals surface area contributed by atoms with Gasteiger partial charge in [-0.15, -0.1) is 11.3 Å². The zero-order chi connectivity index (χ0) is 23.3. The number of methoxy groups -OCH3 is 1. The van der Waals surface area contributed by atoms with E-state index in [0.29, 0.717) is 32.6 Å². The highest BCUT2D eigenvalue weighted by molar-refractivity contribution is 7.15. The van der Waals surface area contributed by atoms with E-state index in [1.807, 2.05) is 36.6 Å². The Balaban J connectivity index is 1.85. The van der Waals surface area contributed by atoms with Gasteiger partial charge >= 0.3 is 5.97 Å². The molecule has 2 aromatic carbocycles. The van der Waals surface area contributed by atoms with E-state index < -0.39 is 12.1 Å². The number of nitrogens with one attached hydrogen (secondary N) is 1. The lowest BCUT2D eigenvalue weighted by molar-refractivity contribution is -0.122. The molecule has 0 radical (unpaired) electrons. The van der Waals surface area contributed by atoms with Crippen molar-refractivity contribution in [3.05, 3.63) is 64.0 Å². The number of hydrogen-bond acceptors (Lipinski definition) is 6. The van der Waals surface area contributed by atoms with Crippen molar-refractivity contribution in [1.82, 2.24) is 0 Å². The summed E-state index contributed by atoms with van der Waals surface area (Å²) in [6.07, 6.45) is -0.795. The Kier molecular flexibility index (Phi) is 7.77. The van der Waals surface area contributed by atoms with Gasteiger partial charge in [0.25, 0.3) is 5.91 Å². The largest absolute Gasteiger partial charge is 0.497 e. The van der Waals surface area contributed by atoms with Crippen LogP contribution in [0.15, 0.2) is 47.8 Å². The zero-order valence-corrected chi connectivity index (χ0v) is 19.8. The third-order valence-electron chi connectivity index (χ3n) is 4.72. The topological polar surface area (TPSA) is 73.9 Å². The molecular formula is C24H24ClNO5S. The summed E-state index contributed by atoms with van der Waals surface area (Å²) in [5.41, 5.74) is 2.62. The predicted octanol–water partition coefficient (Wildman–Crippen LogP) is 5.97. The second-order valence-corrected chi connectivity index (χ2v) is 8.28. The van der Waals surface area contributed by atoms with Crippen molar-refractivity contribution in [2.75, 3.05) is 19.0 Å². The van der Waals surface area contributed by atoms with Crippen LogP contribution in [0.3, 0.4) is 0 Å². The summed E-state index contributed by atoms with van der Waals surface area (Å²) in [5.74, 6) is 0.386. The minimum Gasteiger partial charge on any atom is -0.497 e. The van der Waals surface area contributed by atoms with Gasteiger partial charge in [-0.25, -0.2) is 4.79 Å². The lowest BCUT2D eigenvalue weighted by Crippen LogP contribution is -2.30. The SMILES string of the molecule is CCOC(=O)c1c(-c2ccc(OC)cc2)csc1NC(=O)C(C)Oc1ccc(Cl)cc1C. The van der Waals surface area contributed by atoms with Crippen molar-refractivity contribution >= 4 is 39.8 Å². The summed E-state index contributed by atoms with van der Waals surface area (Å²) in [6.45, 7) is 5.45. The molecule has 0 aliphatic heterocycles. The number of rotatable bonds is 8. The summed E-state index contributed by atoms with van der Waals surface area (Å²) in [6, 6.07) is 12.5. The number of carbonyl (C=O) groups excluding carboxylic acids is 2. The molecule has 3 rings (SSSR count). The van der Waals surface area contributed by atoms with Gasteiger partial charge in [0.15, 0.2) is 6.10 Å². The molecule has 1 amide bonds. The minimum atomic E-state index is -0.795. The van der Waals surface area contributed by atoms with Crippen LogP contribution in [-0.2, 0) is 9.53 Å². The summed E-state index contributed by atoms with van der Waals surface area (Å²) < 4.78 is 16.3. The molecule has 1 atom stereocenters. The van der Waals surface area contributed by atoms with E-state index in [1.165, 1.54) is 11.3 Å². The molecule has 0 bridgehead atoms. The van der Waals surface area contributed by atoms with Gasteiger partial charge in [-0.2, -0.15) is 0 Å². The number of anilines is 1. The number of ether oxygens (including phenoxy) is 3. The van der Waals surface area contributed by atoms with Crippen molar-refractivity contribution in [1.29, 1.82) is 0 Å². The van der Waals surface area contributed by atoms with E-state index in [2.05, 4.69) is 5.32 Å². The van der Waals surface area contributed by atoms with Gasteiger partial charge in [-0.05, 0) is 62.2 Å². The first-order chi connectivity index (χ1) is 15.3. The summed E-state index contributed by atoms with van der Waals surface area (Å²) in [5, 5.41) is 5.63. The van der Waals surface area contributed by atoms with Crippen LogP contribution in [0.25, 0.3) is 11.1 Å². The average Bonchev–Trinajstić information content (AvgIpc) is 3.19. The van der Waals surface area contributed by atoms with Crippen LogP contribution in [0.1, 0.15) is 29.8 Å². The first-order valence-corrected chi connectivity index (χ1v) is 11.3. The van der Waals surface area contributed by atoms with Gasteiger partial charge < -0.3 is 19.5 Å². The van der Waals surface area contributed by atoms with Crippen molar-refractivity contribution in [2.45, 2.75) is 26.9 Å². The quantitative estimate of drug-likeness (QED) is 0.408. The Morgan fingerprint density at radius 1 is 1.16 bits per heavy atom. The lowest BCUT2D eigenvalue weighted by Gasteiger charge is -2.16. The maximum Gasteiger partial charge on any atom is 0.341 e. The van der Waals surface area contributed by atoms with Crippen LogP contribution in [0.4, 0.5) is 5.00 Å². The molecule has 168 valence electrons. The molecule has 0 saturated heterocycles. The number of benzene rings is 2. The second-order valence-electron chi connectivity index (χ2n) is 6.96. The highest BCUT2D eigenvalue weighted by atomic mass is 35.5. The monoisotopic (exact) mass is 473 g/mol. The number of aryl methyl sites for hydroxylation is 1. The molecule has 6 nitrogen and oxygen atoms in total. The first kappa shape index (κ1) is 23.6. The fourth-order valence-corrected chi connectivity index (χ4v) is 4.23. The molecule has 0 aliphatic carbocycles. The van der Waals surface area contributed by atoms with E-state index >= 15 is 0 Å². The van der Waals surface area contributed by atoms with Crippen LogP contribution in [-0.4, -0.2) is 31.7 Å². The van der Waals surface area contributed by atoms with Gasteiger partial charge in [0.2, 0.25) is 0 Å². The molecule has 0 aliphatic rings. The number of halogens is 1. The molecule has 0 saturated carbocycles. The molecule has 1 unspecified atom stereocenters. The van der Waals surface area contributed by atoms with Gasteiger partial charge in [0.05, 0.1) is 13.7 Å². The van der Waals surface area contributed by atoms with E-state index in [9.17, 15) is 9.59 Å². The van der Waals surface area contributed by atoms with Crippen molar-refractivity contribution in [3.63, 3.8) is 0 Å². The van der Waals surface area contributed by atoms with Crippen LogP contribution < -0.4 is 14.8 Å². The predicted molar refractivity (Wildman–Crippen MR) is 127 cm³/mol. The highest BCUT2D eigenvalue weighted by Gasteiger charge is 2.25. The average molecular weight is 474 g/mol. The van der Waals surface area contributed by atoms with E-state index in [1.54, 1.807) is 39.2 Å². The van der Waals surface area contributed by atoms with Crippen LogP contribution in [0.5, 0.6) is 11.5 Å². The second kappa shape index (κ2) is 10.5. The van der Waals surface area contributed by atoms with E-state index in [0.717, 1.165) is 11.1 Å². The Bertz CT molecular complexity index is 1110. The molecular weight excluding hydrogens is 450 g/mol.